The molecule has 0 aliphatic carbocycles. The molecule has 0 radical (unpaired) electrons. The molecule has 0 aliphatic rings. The lowest BCUT2D eigenvalue weighted by molar-refractivity contribution is -0.145. The van der Waals surface area contributed by atoms with E-state index in [-0.39, 0.29) is 30.9 Å². The molecule has 2 rings (SSSR count). The van der Waals surface area contributed by atoms with Crippen LogP contribution in [0.15, 0.2) is 54.6 Å². The summed E-state index contributed by atoms with van der Waals surface area (Å²) in [6.45, 7) is 3.98. The molecule has 14 heteroatoms. The van der Waals surface area contributed by atoms with E-state index in [1.807, 2.05) is 0 Å². The first-order valence-electron chi connectivity index (χ1n) is 14.5. The van der Waals surface area contributed by atoms with Gasteiger partial charge in [-0.05, 0) is 48.9 Å². The minimum absolute atomic E-state index is 0.0215. The summed E-state index contributed by atoms with van der Waals surface area (Å²) in [6, 6.07) is 8.07. The molecular weight excluding hydrogens is 586 g/mol. The number of aliphatic hydroxyl groups is 2. The Hall–Kier alpha value is -4.53. The summed E-state index contributed by atoms with van der Waals surface area (Å²) in [7, 11) is 0. The maximum absolute atomic E-state index is 13.5. The number of amides is 4. The Labute approximate surface area is 261 Å². The minimum atomic E-state index is -1.61. The minimum Gasteiger partial charge on any atom is -0.508 e. The van der Waals surface area contributed by atoms with Crippen LogP contribution in [0, 0.1) is 5.92 Å². The molecule has 0 fully saturated rings. The predicted molar refractivity (Wildman–Crippen MR) is 164 cm³/mol. The molecule has 0 saturated carbocycles. The molecule has 2 aromatic rings. The van der Waals surface area contributed by atoms with Gasteiger partial charge in [0.2, 0.25) is 23.6 Å². The summed E-state index contributed by atoms with van der Waals surface area (Å²) in [5.41, 5.74) is 7.31. The Kier molecular flexibility index (Phi) is 14.4. The van der Waals surface area contributed by atoms with Gasteiger partial charge in [0, 0.05) is 6.42 Å². The fraction of sp³-hybridized carbons (Fsp3) is 0.452. The molecule has 0 aliphatic heterocycles. The van der Waals surface area contributed by atoms with E-state index >= 15 is 0 Å². The van der Waals surface area contributed by atoms with Gasteiger partial charge >= 0.3 is 5.97 Å². The maximum Gasteiger partial charge on any atom is 0.328 e. The zero-order valence-corrected chi connectivity index (χ0v) is 25.5. The summed E-state index contributed by atoms with van der Waals surface area (Å²) < 4.78 is 0. The molecule has 10 N–H and O–H groups in total. The van der Waals surface area contributed by atoms with Gasteiger partial charge < -0.3 is 47.4 Å². The zero-order chi connectivity index (χ0) is 33.7. The van der Waals surface area contributed by atoms with Crippen LogP contribution in [0.2, 0.25) is 0 Å². The Morgan fingerprint density at radius 1 is 0.711 bits per heavy atom. The molecule has 0 aromatic heterocycles. The van der Waals surface area contributed by atoms with Crippen molar-refractivity contribution in [2.24, 2.45) is 11.7 Å². The Bertz CT molecular complexity index is 1290. The molecule has 2 aromatic carbocycles. The number of carboxylic acids is 1. The molecule has 6 atom stereocenters. The van der Waals surface area contributed by atoms with Crippen molar-refractivity contribution < 1.29 is 44.4 Å². The van der Waals surface area contributed by atoms with Gasteiger partial charge in [-0.3, -0.25) is 19.2 Å². The van der Waals surface area contributed by atoms with Crippen LogP contribution in [0.1, 0.15) is 38.3 Å². The van der Waals surface area contributed by atoms with E-state index < -0.39 is 72.5 Å². The third-order valence-corrected chi connectivity index (χ3v) is 6.85. The van der Waals surface area contributed by atoms with Crippen LogP contribution in [0.3, 0.4) is 0 Å². The van der Waals surface area contributed by atoms with E-state index in [9.17, 15) is 44.4 Å². The van der Waals surface area contributed by atoms with Crippen molar-refractivity contribution in [2.45, 2.75) is 76.3 Å². The maximum atomic E-state index is 13.5. The number of hydrogen-bond acceptors (Lipinski definition) is 9. The average Bonchev–Trinajstić information content (AvgIpc) is 2.98. The number of aliphatic carboxylic acids is 1. The van der Waals surface area contributed by atoms with E-state index in [2.05, 4.69) is 21.3 Å². The number of aliphatic hydroxyl groups excluding tert-OH is 2. The van der Waals surface area contributed by atoms with E-state index in [0.717, 1.165) is 0 Å². The molecule has 0 bridgehead atoms. The first kappa shape index (κ1) is 36.7. The second-order valence-electron chi connectivity index (χ2n) is 11.2. The topological polar surface area (TPSA) is 240 Å². The van der Waals surface area contributed by atoms with Crippen LogP contribution in [0.25, 0.3) is 0 Å². The number of phenolic OH excluding ortho intramolecular Hbond substituents is 1. The second-order valence-corrected chi connectivity index (χ2v) is 11.2. The van der Waals surface area contributed by atoms with E-state index in [1.165, 1.54) is 19.1 Å². The number of carbonyl (C=O) groups is 5. The van der Waals surface area contributed by atoms with E-state index in [0.29, 0.717) is 11.1 Å². The normalized spacial score (nSPS) is 15.1. The first-order chi connectivity index (χ1) is 21.2. The third-order valence-electron chi connectivity index (χ3n) is 6.85. The third kappa shape index (κ3) is 12.2. The smallest absolute Gasteiger partial charge is 0.328 e. The van der Waals surface area contributed by atoms with Crippen molar-refractivity contribution in [1.29, 1.82) is 0 Å². The van der Waals surface area contributed by atoms with Gasteiger partial charge in [-0.25, -0.2) is 4.79 Å². The fourth-order valence-corrected chi connectivity index (χ4v) is 4.40. The molecule has 45 heavy (non-hydrogen) atoms. The van der Waals surface area contributed by atoms with Crippen molar-refractivity contribution in [3.05, 3.63) is 65.7 Å². The Morgan fingerprint density at radius 2 is 1.22 bits per heavy atom. The highest BCUT2D eigenvalue weighted by molar-refractivity contribution is 5.95. The van der Waals surface area contributed by atoms with Gasteiger partial charge in [-0.2, -0.15) is 0 Å². The predicted octanol–water partition coefficient (Wildman–Crippen LogP) is -1.05. The second kappa shape index (κ2) is 17.7. The first-order valence-corrected chi connectivity index (χ1v) is 14.5. The molecule has 0 saturated heterocycles. The highest BCUT2D eigenvalue weighted by Gasteiger charge is 2.33. The number of phenols is 1. The number of carbonyl (C=O) groups excluding carboxylic acids is 4. The van der Waals surface area contributed by atoms with Crippen LogP contribution < -0.4 is 27.0 Å². The van der Waals surface area contributed by atoms with Crippen molar-refractivity contribution in [2.75, 3.05) is 6.61 Å². The number of nitrogens with two attached hydrogens (primary N) is 1. The van der Waals surface area contributed by atoms with Crippen LogP contribution in [-0.2, 0) is 36.8 Å². The molecule has 0 spiro atoms. The monoisotopic (exact) mass is 629 g/mol. The highest BCUT2D eigenvalue weighted by atomic mass is 16.4. The highest BCUT2D eigenvalue weighted by Crippen LogP contribution is 2.12. The van der Waals surface area contributed by atoms with Gasteiger partial charge in [-0.1, -0.05) is 56.3 Å². The summed E-state index contributed by atoms with van der Waals surface area (Å²) in [5, 5.41) is 48.2. The number of hydrogen-bond donors (Lipinski definition) is 9. The summed E-state index contributed by atoms with van der Waals surface area (Å²) in [4.78, 5) is 64.1. The summed E-state index contributed by atoms with van der Waals surface area (Å²) in [5.74, 6) is -4.75. The number of rotatable bonds is 17. The number of aromatic hydroxyl groups is 1. The van der Waals surface area contributed by atoms with Gasteiger partial charge in [0.25, 0.3) is 0 Å². The molecule has 246 valence electrons. The van der Waals surface area contributed by atoms with Crippen LogP contribution in [-0.4, -0.2) is 92.9 Å². The molecule has 6 unspecified atom stereocenters. The Morgan fingerprint density at radius 3 is 1.76 bits per heavy atom. The quantitative estimate of drug-likeness (QED) is 0.103. The largest absolute Gasteiger partial charge is 0.508 e. The lowest BCUT2D eigenvalue weighted by Gasteiger charge is -2.27. The fourth-order valence-electron chi connectivity index (χ4n) is 4.40. The zero-order valence-electron chi connectivity index (χ0n) is 25.5. The van der Waals surface area contributed by atoms with Crippen LogP contribution in [0.4, 0.5) is 0 Å². The molecule has 4 amide bonds. The van der Waals surface area contributed by atoms with Gasteiger partial charge in [-0.15, -0.1) is 0 Å². The average molecular weight is 630 g/mol. The molecule has 0 heterocycles. The summed E-state index contributed by atoms with van der Waals surface area (Å²) in [6.07, 6.45) is -1.23. The van der Waals surface area contributed by atoms with Crippen LogP contribution >= 0.6 is 0 Å². The standard InChI is InChI=1S/C31H43N5O9/c1-17(2)13-23(29(42)36-26(18(3)38)31(44)45)33-28(41)24(15-19-7-5-4-6-8-19)34-30(43)25(16-37)35-27(40)22(32)14-20-9-11-21(39)12-10-20/h4-12,17-18,22-26,37-39H,13-16,32H2,1-3H3,(H,33,41)(H,34,43)(H,35,40)(H,36,42)(H,44,45). The van der Waals surface area contributed by atoms with Crippen LogP contribution in [0.5, 0.6) is 5.75 Å². The van der Waals surface area contributed by atoms with Crippen molar-refractivity contribution in [1.82, 2.24) is 21.3 Å². The number of nitrogens with one attached hydrogen (secondary N) is 4. The number of benzene rings is 2. The van der Waals surface area contributed by atoms with Crippen molar-refractivity contribution >= 4 is 29.6 Å². The van der Waals surface area contributed by atoms with Gasteiger partial charge in [0.15, 0.2) is 6.04 Å². The number of carboxylic acid groups (broad SMARTS) is 1. The lowest BCUT2D eigenvalue weighted by atomic mass is 10.00. The van der Waals surface area contributed by atoms with Crippen molar-refractivity contribution in [3.8, 4) is 5.75 Å². The van der Waals surface area contributed by atoms with Gasteiger partial charge in [0.1, 0.15) is 23.9 Å². The summed E-state index contributed by atoms with van der Waals surface area (Å²) >= 11 is 0. The molecular formula is C31H43N5O9. The SMILES string of the molecule is CC(C)CC(NC(=O)C(Cc1ccccc1)NC(=O)C(CO)NC(=O)C(N)Cc1ccc(O)cc1)C(=O)NC(C(=O)O)C(C)O. The lowest BCUT2D eigenvalue weighted by Crippen LogP contribution is -2.60. The van der Waals surface area contributed by atoms with E-state index in [4.69, 9.17) is 5.73 Å². The van der Waals surface area contributed by atoms with Gasteiger partial charge in [0.05, 0.1) is 18.8 Å². The van der Waals surface area contributed by atoms with Crippen molar-refractivity contribution in [3.63, 3.8) is 0 Å². The Balaban J connectivity index is 2.21. The van der Waals surface area contributed by atoms with E-state index in [1.54, 1.807) is 56.3 Å². The molecule has 14 nitrogen and oxygen atoms in total.